The molecule has 2 N–H and O–H groups in total. The van der Waals surface area contributed by atoms with Crippen molar-refractivity contribution in [3.8, 4) is 0 Å². The van der Waals surface area contributed by atoms with Crippen LogP contribution >= 0.6 is 51.7 Å². The number of benzene rings is 1. The first kappa shape index (κ1) is 22.0. The van der Waals surface area contributed by atoms with Crippen LogP contribution in [0, 0.1) is 0 Å². The Kier molecular flexibility index (Phi) is 11.5. The van der Waals surface area contributed by atoms with E-state index in [1.165, 1.54) is 4.90 Å². The summed E-state index contributed by atoms with van der Waals surface area (Å²) in [4.78, 5) is 5.46. The number of halogens is 2. The highest BCUT2D eigenvalue weighted by Gasteiger charge is 2.19. The average Bonchev–Trinajstić information content (AvgIpc) is 2.45. The van der Waals surface area contributed by atoms with Gasteiger partial charge in [-0.25, -0.2) is 0 Å². The molecule has 1 aromatic rings. The van der Waals surface area contributed by atoms with E-state index in [1.54, 1.807) is 14.2 Å². The van der Waals surface area contributed by atoms with E-state index in [4.69, 9.17) is 4.74 Å². The van der Waals surface area contributed by atoms with Gasteiger partial charge in [-0.3, -0.25) is 4.99 Å². The van der Waals surface area contributed by atoms with Gasteiger partial charge in [0.15, 0.2) is 5.96 Å². The number of nitrogens with zero attached hydrogens (tertiary/aromatic N) is 1. The van der Waals surface area contributed by atoms with Crippen molar-refractivity contribution in [2.75, 3.05) is 33.9 Å². The molecule has 0 unspecified atom stereocenters. The molecule has 0 radical (unpaired) electrons. The first-order chi connectivity index (χ1) is 9.96. The van der Waals surface area contributed by atoms with Crippen molar-refractivity contribution >= 4 is 57.6 Å². The molecular formula is C15H25BrIN3OS. The van der Waals surface area contributed by atoms with E-state index in [1.807, 2.05) is 11.8 Å². The van der Waals surface area contributed by atoms with Crippen molar-refractivity contribution in [1.29, 1.82) is 0 Å². The minimum absolute atomic E-state index is 0. The second-order valence-electron chi connectivity index (χ2n) is 5.16. The maximum absolute atomic E-state index is 5.02. The maximum Gasteiger partial charge on any atom is 0.191 e. The van der Waals surface area contributed by atoms with Crippen LogP contribution in [-0.4, -0.2) is 44.6 Å². The molecule has 0 saturated heterocycles. The van der Waals surface area contributed by atoms with Gasteiger partial charge in [-0.2, -0.15) is 0 Å². The highest BCUT2D eigenvalue weighted by atomic mass is 127. The van der Waals surface area contributed by atoms with Gasteiger partial charge < -0.3 is 15.4 Å². The van der Waals surface area contributed by atoms with Gasteiger partial charge in [0.25, 0.3) is 0 Å². The van der Waals surface area contributed by atoms with Crippen LogP contribution in [0.25, 0.3) is 0 Å². The number of methoxy groups -OCH3 is 1. The van der Waals surface area contributed by atoms with E-state index in [9.17, 15) is 0 Å². The number of ether oxygens (including phenoxy) is 1. The van der Waals surface area contributed by atoms with Gasteiger partial charge in [-0.15, -0.1) is 35.7 Å². The molecule has 0 saturated carbocycles. The van der Waals surface area contributed by atoms with Gasteiger partial charge in [0.1, 0.15) is 0 Å². The van der Waals surface area contributed by atoms with Crippen LogP contribution in [0.15, 0.2) is 38.6 Å². The Balaban J connectivity index is 0.00000441. The lowest BCUT2D eigenvalue weighted by molar-refractivity contribution is 0.203. The molecule has 0 heterocycles. The van der Waals surface area contributed by atoms with Crippen LogP contribution in [0.5, 0.6) is 0 Å². The van der Waals surface area contributed by atoms with Crippen molar-refractivity contribution < 1.29 is 4.74 Å². The van der Waals surface area contributed by atoms with Crippen LogP contribution < -0.4 is 10.6 Å². The molecule has 1 rings (SSSR count). The molecule has 0 bridgehead atoms. The topological polar surface area (TPSA) is 45.7 Å². The molecule has 7 heteroatoms. The van der Waals surface area contributed by atoms with Crippen molar-refractivity contribution in [2.24, 2.45) is 4.99 Å². The van der Waals surface area contributed by atoms with Crippen molar-refractivity contribution in [1.82, 2.24) is 10.6 Å². The quantitative estimate of drug-likeness (QED) is 0.196. The number of guanidine groups is 1. The summed E-state index contributed by atoms with van der Waals surface area (Å²) >= 11 is 5.30. The first-order valence-electron chi connectivity index (χ1n) is 6.85. The second-order valence-corrected chi connectivity index (χ2v) is 7.86. The lowest BCUT2D eigenvalue weighted by Gasteiger charge is -2.25. The standard InChI is InChI=1S/C15H24BrN3OS.HI/c1-15(2,21-13-7-5-12(16)6-8-13)11-19-14(17-3)18-9-10-20-4;/h5-8H,9-11H2,1-4H3,(H2,17,18,19);1H. The summed E-state index contributed by atoms with van der Waals surface area (Å²) in [6.45, 7) is 6.67. The molecule has 0 amide bonds. The smallest absolute Gasteiger partial charge is 0.191 e. The Labute approximate surface area is 163 Å². The van der Waals surface area contributed by atoms with Gasteiger partial charge in [0.2, 0.25) is 0 Å². The zero-order valence-corrected chi connectivity index (χ0v) is 18.2. The molecular weight excluding hydrogens is 477 g/mol. The van der Waals surface area contributed by atoms with Gasteiger partial charge >= 0.3 is 0 Å². The number of nitrogens with one attached hydrogen (secondary N) is 2. The van der Waals surface area contributed by atoms with Crippen LogP contribution in [0.3, 0.4) is 0 Å². The predicted octanol–water partition coefficient (Wildman–Crippen LogP) is 3.75. The van der Waals surface area contributed by atoms with Crippen molar-refractivity contribution in [3.63, 3.8) is 0 Å². The van der Waals surface area contributed by atoms with Gasteiger partial charge in [0.05, 0.1) is 6.61 Å². The van der Waals surface area contributed by atoms with E-state index in [-0.39, 0.29) is 28.7 Å². The summed E-state index contributed by atoms with van der Waals surface area (Å²) in [6.07, 6.45) is 0. The largest absolute Gasteiger partial charge is 0.383 e. The van der Waals surface area contributed by atoms with Crippen LogP contribution in [0.2, 0.25) is 0 Å². The molecule has 1 aromatic carbocycles. The SMILES string of the molecule is CN=C(NCCOC)NCC(C)(C)Sc1ccc(Br)cc1.I. The number of rotatable bonds is 7. The Morgan fingerprint density at radius 2 is 1.91 bits per heavy atom. The minimum Gasteiger partial charge on any atom is -0.383 e. The Hall–Kier alpha value is 0.01000. The maximum atomic E-state index is 5.02. The summed E-state index contributed by atoms with van der Waals surface area (Å²) in [5.41, 5.74) is 0. The molecule has 22 heavy (non-hydrogen) atoms. The van der Waals surface area contributed by atoms with Crippen molar-refractivity contribution in [2.45, 2.75) is 23.5 Å². The van der Waals surface area contributed by atoms with Gasteiger partial charge in [0, 0.05) is 41.4 Å². The normalized spacial score (nSPS) is 11.8. The van der Waals surface area contributed by atoms with Crippen LogP contribution in [0.1, 0.15) is 13.8 Å². The summed E-state index contributed by atoms with van der Waals surface area (Å²) in [5, 5.41) is 6.57. The molecule has 126 valence electrons. The lowest BCUT2D eigenvalue weighted by Crippen LogP contribution is -2.44. The third-order valence-corrected chi connectivity index (χ3v) is 4.45. The Morgan fingerprint density at radius 1 is 1.27 bits per heavy atom. The van der Waals surface area contributed by atoms with Crippen LogP contribution in [0.4, 0.5) is 0 Å². The van der Waals surface area contributed by atoms with Gasteiger partial charge in [-0.05, 0) is 38.1 Å². The van der Waals surface area contributed by atoms with E-state index in [0.29, 0.717) is 6.61 Å². The Bertz CT molecular complexity index is 455. The van der Waals surface area contributed by atoms with Gasteiger partial charge in [-0.1, -0.05) is 15.9 Å². The zero-order valence-electron chi connectivity index (χ0n) is 13.5. The monoisotopic (exact) mass is 501 g/mol. The Morgan fingerprint density at radius 3 is 2.45 bits per heavy atom. The van der Waals surface area contributed by atoms with Crippen LogP contribution in [-0.2, 0) is 4.74 Å². The number of aliphatic imine (C=N–C) groups is 1. The molecule has 4 nitrogen and oxygen atoms in total. The average molecular weight is 502 g/mol. The molecule has 0 aliphatic carbocycles. The third-order valence-electron chi connectivity index (χ3n) is 2.71. The first-order valence-corrected chi connectivity index (χ1v) is 8.46. The van der Waals surface area contributed by atoms with E-state index < -0.39 is 0 Å². The molecule has 0 aliphatic rings. The number of hydrogen-bond acceptors (Lipinski definition) is 3. The minimum atomic E-state index is 0. The van der Waals surface area contributed by atoms with Crippen molar-refractivity contribution in [3.05, 3.63) is 28.7 Å². The summed E-state index contributed by atoms with van der Waals surface area (Å²) in [5.74, 6) is 0.802. The molecule has 0 fully saturated rings. The summed E-state index contributed by atoms with van der Waals surface area (Å²) in [6, 6.07) is 8.39. The fourth-order valence-corrected chi connectivity index (χ4v) is 2.97. The number of hydrogen-bond donors (Lipinski definition) is 2. The highest BCUT2D eigenvalue weighted by molar-refractivity contribution is 14.0. The predicted molar refractivity (Wildman–Crippen MR) is 111 cm³/mol. The zero-order chi connectivity index (χ0) is 15.7. The summed E-state index contributed by atoms with van der Waals surface area (Å²) < 4.78 is 6.18. The highest BCUT2D eigenvalue weighted by Crippen LogP contribution is 2.32. The van der Waals surface area contributed by atoms with E-state index in [2.05, 4.69) is 69.7 Å². The fraction of sp³-hybridized carbons (Fsp3) is 0.533. The number of thioether (sulfide) groups is 1. The second kappa shape index (κ2) is 11.5. The van der Waals surface area contributed by atoms with E-state index in [0.717, 1.165) is 23.5 Å². The summed E-state index contributed by atoms with van der Waals surface area (Å²) in [7, 11) is 3.47. The van der Waals surface area contributed by atoms with E-state index >= 15 is 0 Å². The molecule has 0 atom stereocenters. The molecule has 0 aromatic heterocycles. The fourth-order valence-electron chi connectivity index (χ4n) is 1.65. The molecule has 0 aliphatic heterocycles. The third kappa shape index (κ3) is 9.22. The lowest BCUT2D eigenvalue weighted by atomic mass is 10.2. The molecule has 0 spiro atoms.